The Morgan fingerprint density at radius 2 is 1.50 bits per heavy atom. The molecular weight excluding hydrogens is 352 g/mol. The molecule has 156 valence electrons. The average Bonchev–Trinajstić information content (AvgIpc) is 3.31. The zero-order valence-corrected chi connectivity index (χ0v) is 18.2. The summed E-state index contributed by atoms with van der Waals surface area (Å²) in [6, 6.07) is 0. The van der Waals surface area contributed by atoms with Crippen LogP contribution in [0.3, 0.4) is 0 Å². The number of carbonyl (C=O) groups is 2. The van der Waals surface area contributed by atoms with E-state index in [1.165, 1.54) is 0 Å². The van der Waals surface area contributed by atoms with Crippen LogP contribution in [0.15, 0.2) is 49.1 Å². The second-order valence-electron chi connectivity index (χ2n) is 9.25. The third-order valence-corrected chi connectivity index (χ3v) is 4.22. The minimum absolute atomic E-state index is 0.00523. The zero-order valence-electron chi connectivity index (χ0n) is 18.2. The van der Waals surface area contributed by atoms with E-state index in [-0.39, 0.29) is 23.5 Å². The molecule has 1 fully saturated rings. The van der Waals surface area contributed by atoms with Gasteiger partial charge in [0.1, 0.15) is 11.2 Å². The molecule has 0 heterocycles. The van der Waals surface area contributed by atoms with Gasteiger partial charge in [-0.3, -0.25) is 4.79 Å². The number of hydrogen-bond donors (Lipinski definition) is 0. The summed E-state index contributed by atoms with van der Waals surface area (Å²) < 4.78 is 10.2. The molecule has 3 atom stereocenters. The largest absolute Gasteiger partial charge is 0.460 e. The highest BCUT2D eigenvalue weighted by molar-refractivity contribution is 5.81. The van der Waals surface area contributed by atoms with Crippen molar-refractivity contribution in [3.63, 3.8) is 0 Å². The van der Waals surface area contributed by atoms with Crippen molar-refractivity contribution in [2.45, 2.75) is 72.0 Å². The standard InChI is InChI=1S/C12H18O2.C7H12O2.C5H6/c1-12(2,3)14-11(13)10-7-8-4-5-9(10)6-8;1-5-6(8)9-7(2,3)4;1-2-4-5-3-1/h4-5,8-10H,6-7H2,1-3H3;5H,1H2,2-4H3;1-4H,5H2. The molecule has 3 rings (SSSR count). The molecule has 3 aliphatic rings. The molecule has 0 amide bonds. The first-order valence-corrected chi connectivity index (χ1v) is 9.99. The maximum Gasteiger partial charge on any atom is 0.330 e. The maximum absolute atomic E-state index is 11.8. The zero-order chi connectivity index (χ0) is 21.4. The van der Waals surface area contributed by atoms with Crippen LogP contribution in [-0.4, -0.2) is 23.1 Å². The van der Waals surface area contributed by atoms with Crippen molar-refractivity contribution in [2.24, 2.45) is 17.8 Å². The molecule has 3 aliphatic carbocycles. The third kappa shape index (κ3) is 9.72. The van der Waals surface area contributed by atoms with Gasteiger partial charge < -0.3 is 9.47 Å². The lowest BCUT2D eigenvalue weighted by molar-refractivity contribution is -0.161. The van der Waals surface area contributed by atoms with Gasteiger partial charge in [-0.1, -0.05) is 43.0 Å². The first kappa shape index (κ1) is 23.9. The number of esters is 2. The van der Waals surface area contributed by atoms with Crippen LogP contribution in [0.1, 0.15) is 60.8 Å². The van der Waals surface area contributed by atoms with Crippen LogP contribution in [0.5, 0.6) is 0 Å². The molecule has 1 saturated carbocycles. The Kier molecular flexibility index (Phi) is 8.93. The first-order valence-electron chi connectivity index (χ1n) is 9.99. The van der Waals surface area contributed by atoms with Crippen LogP contribution < -0.4 is 0 Å². The second kappa shape index (κ2) is 10.4. The summed E-state index contributed by atoms with van der Waals surface area (Å²) >= 11 is 0. The lowest BCUT2D eigenvalue weighted by Crippen LogP contribution is -2.30. The van der Waals surface area contributed by atoms with Gasteiger partial charge in [0.2, 0.25) is 0 Å². The van der Waals surface area contributed by atoms with Crippen LogP contribution in [0.25, 0.3) is 0 Å². The summed E-state index contributed by atoms with van der Waals surface area (Å²) in [6.45, 7) is 14.5. The SMILES string of the molecule is C1=CCC=C1.C=CC(=O)OC(C)(C)C.CC(C)(C)OC(=O)C1CC2C=CC1C2. The summed E-state index contributed by atoms with van der Waals surface area (Å²) in [7, 11) is 0. The van der Waals surface area contributed by atoms with Gasteiger partial charge in [0.15, 0.2) is 0 Å². The Morgan fingerprint density at radius 1 is 0.929 bits per heavy atom. The van der Waals surface area contributed by atoms with Gasteiger partial charge in [-0.05, 0) is 72.6 Å². The van der Waals surface area contributed by atoms with Crippen LogP contribution >= 0.6 is 0 Å². The molecule has 0 N–H and O–H groups in total. The maximum atomic E-state index is 11.8. The molecule has 4 heteroatoms. The summed E-state index contributed by atoms with van der Waals surface area (Å²) in [5, 5.41) is 0. The van der Waals surface area contributed by atoms with Crippen LogP contribution in [0, 0.1) is 17.8 Å². The number of fused-ring (bicyclic) bond motifs is 2. The van der Waals surface area contributed by atoms with E-state index in [9.17, 15) is 9.59 Å². The summed E-state index contributed by atoms with van der Waals surface area (Å²) in [5.74, 6) is 0.841. The van der Waals surface area contributed by atoms with Gasteiger partial charge in [0, 0.05) is 6.08 Å². The van der Waals surface area contributed by atoms with Crippen LogP contribution in [0.2, 0.25) is 0 Å². The normalized spacial score (nSPS) is 24.0. The minimum atomic E-state index is -0.398. The smallest absolute Gasteiger partial charge is 0.330 e. The van der Waals surface area contributed by atoms with Gasteiger partial charge in [0.25, 0.3) is 0 Å². The topological polar surface area (TPSA) is 52.6 Å². The van der Waals surface area contributed by atoms with Crippen LogP contribution in [0.4, 0.5) is 0 Å². The molecule has 4 nitrogen and oxygen atoms in total. The Hall–Kier alpha value is -2.10. The van der Waals surface area contributed by atoms with E-state index < -0.39 is 5.60 Å². The fourth-order valence-electron chi connectivity index (χ4n) is 3.17. The Morgan fingerprint density at radius 3 is 1.79 bits per heavy atom. The molecule has 0 aliphatic heterocycles. The van der Waals surface area contributed by atoms with Crippen molar-refractivity contribution in [1.29, 1.82) is 0 Å². The fraction of sp³-hybridized carbons (Fsp3) is 0.583. The van der Waals surface area contributed by atoms with Gasteiger partial charge in [-0.15, -0.1) is 0 Å². The Bertz CT molecular complexity index is 616. The van der Waals surface area contributed by atoms with E-state index in [0.717, 1.165) is 25.3 Å². The first-order chi connectivity index (χ1) is 12.9. The van der Waals surface area contributed by atoms with Crippen molar-refractivity contribution in [2.75, 3.05) is 0 Å². The molecule has 0 aromatic carbocycles. The second-order valence-corrected chi connectivity index (χ2v) is 9.25. The number of hydrogen-bond acceptors (Lipinski definition) is 4. The van der Waals surface area contributed by atoms with Crippen molar-refractivity contribution in [3.05, 3.63) is 49.1 Å². The number of ether oxygens (including phenoxy) is 2. The highest BCUT2D eigenvalue weighted by Crippen LogP contribution is 2.44. The minimum Gasteiger partial charge on any atom is -0.460 e. The molecule has 2 bridgehead atoms. The molecule has 28 heavy (non-hydrogen) atoms. The number of rotatable bonds is 2. The van der Waals surface area contributed by atoms with Crippen LogP contribution in [-0.2, 0) is 19.1 Å². The molecule has 3 unspecified atom stereocenters. The van der Waals surface area contributed by atoms with E-state index in [0.29, 0.717) is 11.8 Å². The average molecular weight is 389 g/mol. The van der Waals surface area contributed by atoms with E-state index in [4.69, 9.17) is 9.47 Å². The lowest BCUT2D eigenvalue weighted by Gasteiger charge is -2.24. The van der Waals surface area contributed by atoms with Gasteiger partial charge >= 0.3 is 11.9 Å². The van der Waals surface area contributed by atoms with E-state index in [2.05, 4.69) is 43.0 Å². The van der Waals surface area contributed by atoms with Gasteiger partial charge in [0.05, 0.1) is 5.92 Å². The summed E-state index contributed by atoms with van der Waals surface area (Å²) in [6.07, 6.45) is 17.2. The summed E-state index contributed by atoms with van der Waals surface area (Å²) in [4.78, 5) is 22.3. The van der Waals surface area contributed by atoms with Crippen molar-refractivity contribution < 1.29 is 19.1 Å². The van der Waals surface area contributed by atoms with E-state index in [1.807, 2.05) is 41.5 Å². The van der Waals surface area contributed by atoms with Gasteiger partial charge in [-0.25, -0.2) is 4.79 Å². The predicted octanol–water partition coefficient (Wildman–Crippen LogP) is 5.56. The van der Waals surface area contributed by atoms with E-state index >= 15 is 0 Å². The molecule has 0 radical (unpaired) electrons. The Labute approximate surface area is 170 Å². The molecule has 0 spiro atoms. The number of carbonyl (C=O) groups excluding carboxylic acids is 2. The van der Waals surface area contributed by atoms with E-state index in [1.54, 1.807) is 0 Å². The predicted molar refractivity (Wildman–Crippen MR) is 114 cm³/mol. The summed E-state index contributed by atoms with van der Waals surface area (Å²) in [5.41, 5.74) is -0.742. The molecule has 0 saturated heterocycles. The fourth-order valence-corrected chi connectivity index (χ4v) is 3.17. The van der Waals surface area contributed by atoms with Crippen molar-refractivity contribution in [1.82, 2.24) is 0 Å². The highest BCUT2D eigenvalue weighted by atomic mass is 16.6. The Balaban J connectivity index is 0.000000239. The van der Waals surface area contributed by atoms with Crippen molar-refractivity contribution in [3.8, 4) is 0 Å². The highest BCUT2D eigenvalue weighted by Gasteiger charge is 2.41. The molecule has 0 aromatic heterocycles. The lowest BCUT2D eigenvalue weighted by atomic mass is 9.93. The quantitative estimate of drug-likeness (QED) is 0.353. The number of allylic oxidation sites excluding steroid dienone is 6. The molecular formula is C24H36O4. The third-order valence-electron chi connectivity index (χ3n) is 4.22. The van der Waals surface area contributed by atoms with Crippen molar-refractivity contribution >= 4 is 11.9 Å². The van der Waals surface area contributed by atoms with Gasteiger partial charge in [-0.2, -0.15) is 0 Å². The monoisotopic (exact) mass is 388 g/mol. The molecule has 0 aromatic rings.